The maximum atomic E-state index is 13.7. The first-order valence-electron chi connectivity index (χ1n) is 12.3. The molecule has 1 fully saturated rings. The number of piperazine rings is 1. The topological polar surface area (TPSA) is 82.2 Å². The average molecular weight is 538 g/mol. The van der Waals surface area contributed by atoms with Crippen LogP contribution in [0.3, 0.4) is 0 Å². The summed E-state index contributed by atoms with van der Waals surface area (Å²) in [7, 11) is 0. The highest BCUT2D eigenvalue weighted by molar-refractivity contribution is 7.99. The van der Waals surface area contributed by atoms with E-state index >= 15 is 0 Å². The van der Waals surface area contributed by atoms with E-state index in [0.29, 0.717) is 35.1 Å². The lowest BCUT2D eigenvalue weighted by molar-refractivity contribution is -0.120. The molecular formula is C29H20ClN5O2S. The van der Waals surface area contributed by atoms with Crippen LogP contribution in [0.1, 0.15) is 27.7 Å². The van der Waals surface area contributed by atoms with Crippen LogP contribution in [-0.2, 0) is 4.79 Å². The highest BCUT2D eigenvalue weighted by Crippen LogP contribution is 2.41. The predicted molar refractivity (Wildman–Crippen MR) is 146 cm³/mol. The number of amides is 2. The number of carbonyl (C=O) groups excluding carboxylic acids is 2. The Bertz CT molecular complexity index is 1710. The first-order valence-corrected chi connectivity index (χ1v) is 13.6. The molecule has 4 aromatic rings. The third-order valence-electron chi connectivity index (χ3n) is 7.46. The molecule has 2 amide bonds. The Hall–Kier alpha value is -4.06. The van der Waals surface area contributed by atoms with Crippen LogP contribution >= 0.6 is 23.4 Å². The van der Waals surface area contributed by atoms with Gasteiger partial charge >= 0.3 is 0 Å². The standard InChI is InChI=1S/C29H20ClN5O2S/c30-21-6-7-22-17-2-1-3-18(10-17)23-11-19(4-5-20(23)13-31)26-16-38-29-32-14-25(35(26)29)28(37)33-8-9-34(24(22)12-21)27(36)15-33/h1-7,10-12,14,26H,8-9,15-16H2. The third-order valence-corrected chi connectivity index (χ3v) is 8.73. The van der Waals surface area contributed by atoms with E-state index < -0.39 is 0 Å². The number of halogens is 1. The summed E-state index contributed by atoms with van der Waals surface area (Å²) in [4.78, 5) is 35.0. The Labute approximate surface area is 228 Å². The first kappa shape index (κ1) is 23.1. The molecule has 1 aromatic heterocycles. The van der Waals surface area contributed by atoms with Gasteiger partial charge in [0.25, 0.3) is 5.91 Å². The Morgan fingerprint density at radius 1 is 1.00 bits per heavy atom. The largest absolute Gasteiger partial charge is 0.326 e. The van der Waals surface area contributed by atoms with Gasteiger partial charge in [-0.15, -0.1) is 0 Å². The second-order valence-electron chi connectivity index (χ2n) is 9.55. The molecule has 0 radical (unpaired) electrons. The van der Waals surface area contributed by atoms with Crippen molar-refractivity contribution in [3.63, 3.8) is 0 Å². The summed E-state index contributed by atoms with van der Waals surface area (Å²) in [5.74, 6) is 0.359. The van der Waals surface area contributed by atoms with Crippen molar-refractivity contribution in [2.24, 2.45) is 0 Å². The van der Waals surface area contributed by atoms with Gasteiger partial charge in [0.1, 0.15) is 12.2 Å². The molecule has 4 aliphatic heterocycles. The molecule has 1 unspecified atom stereocenters. The van der Waals surface area contributed by atoms with Crippen LogP contribution in [0.4, 0.5) is 5.69 Å². The number of aromatic nitrogens is 2. The van der Waals surface area contributed by atoms with Crippen molar-refractivity contribution in [2.75, 3.05) is 30.3 Å². The van der Waals surface area contributed by atoms with E-state index in [1.54, 1.807) is 33.8 Å². The molecule has 7 nitrogen and oxygen atoms in total. The monoisotopic (exact) mass is 537 g/mol. The highest BCUT2D eigenvalue weighted by atomic mass is 35.5. The molecule has 0 saturated carbocycles. The summed E-state index contributed by atoms with van der Waals surface area (Å²) >= 11 is 7.99. The molecule has 5 heterocycles. The van der Waals surface area contributed by atoms with Crippen molar-refractivity contribution >= 4 is 40.9 Å². The predicted octanol–water partition coefficient (Wildman–Crippen LogP) is 5.24. The fourth-order valence-electron chi connectivity index (χ4n) is 5.58. The number of hydrogen-bond acceptors (Lipinski definition) is 5. The molecule has 0 aliphatic carbocycles. The van der Waals surface area contributed by atoms with Crippen molar-refractivity contribution in [3.8, 4) is 28.3 Å². The van der Waals surface area contributed by atoms with E-state index in [2.05, 4.69) is 23.2 Å². The second kappa shape index (κ2) is 8.76. The SMILES string of the molecule is N#Cc1ccc2cc1-c1cccc(c1)-c1ccc(Cl)cc1N1CCN(CC1=O)C(=O)c1cnc3n1C2CS3. The van der Waals surface area contributed by atoms with Crippen LogP contribution in [0.5, 0.6) is 0 Å². The van der Waals surface area contributed by atoms with E-state index in [1.807, 2.05) is 47.0 Å². The van der Waals surface area contributed by atoms with Crippen molar-refractivity contribution in [1.82, 2.24) is 14.5 Å². The molecule has 0 N–H and O–H groups in total. The zero-order valence-electron chi connectivity index (χ0n) is 20.1. The van der Waals surface area contributed by atoms with Gasteiger partial charge in [0, 0.05) is 29.4 Å². The van der Waals surface area contributed by atoms with Gasteiger partial charge in [-0.1, -0.05) is 53.7 Å². The molecule has 38 heavy (non-hydrogen) atoms. The van der Waals surface area contributed by atoms with Crippen LogP contribution in [-0.4, -0.2) is 51.7 Å². The smallest absolute Gasteiger partial charge is 0.272 e. The Morgan fingerprint density at radius 3 is 2.66 bits per heavy atom. The molecule has 9 heteroatoms. The third kappa shape index (κ3) is 3.54. The van der Waals surface area contributed by atoms with Gasteiger partial charge in [-0.3, -0.25) is 9.59 Å². The molecule has 1 saturated heterocycles. The van der Waals surface area contributed by atoms with Crippen LogP contribution in [0, 0.1) is 11.3 Å². The number of nitrogens with zero attached hydrogens (tertiary/aromatic N) is 5. The number of nitriles is 1. The van der Waals surface area contributed by atoms with Crippen molar-refractivity contribution in [3.05, 3.63) is 88.7 Å². The molecule has 0 spiro atoms. The van der Waals surface area contributed by atoms with E-state index in [0.717, 1.165) is 38.7 Å². The molecule has 4 aliphatic rings. The second-order valence-corrected chi connectivity index (χ2v) is 11.0. The minimum atomic E-state index is -0.207. The fraction of sp³-hybridized carbons (Fsp3) is 0.172. The van der Waals surface area contributed by atoms with Crippen LogP contribution in [0.25, 0.3) is 22.3 Å². The van der Waals surface area contributed by atoms with E-state index in [9.17, 15) is 14.9 Å². The first-order chi connectivity index (χ1) is 18.5. The maximum Gasteiger partial charge on any atom is 0.272 e. The lowest BCUT2D eigenvalue weighted by Crippen LogP contribution is -2.52. The average Bonchev–Trinajstić information content (AvgIpc) is 3.54. The lowest BCUT2D eigenvalue weighted by atomic mass is 9.92. The summed E-state index contributed by atoms with van der Waals surface area (Å²) in [6, 6.07) is 21.6. The van der Waals surface area contributed by atoms with E-state index in [4.69, 9.17) is 11.6 Å². The lowest BCUT2D eigenvalue weighted by Gasteiger charge is -2.35. The summed E-state index contributed by atoms with van der Waals surface area (Å²) in [5, 5.41) is 11.2. The van der Waals surface area contributed by atoms with Gasteiger partial charge in [-0.05, 0) is 52.6 Å². The number of anilines is 1. The summed E-state index contributed by atoms with van der Waals surface area (Å²) in [6.07, 6.45) is 1.61. The Kier molecular flexibility index (Phi) is 5.32. The van der Waals surface area contributed by atoms with Gasteiger partial charge in [0.2, 0.25) is 5.91 Å². The molecule has 8 rings (SSSR count). The maximum absolute atomic E-state index is 13.7. The minimum Gasteiger partial charge on any atom is -0.326 e. The van der Waals surface area contributed by atoms with Crippen LogP contribution in [0.2, 0.25) is 5.02 Å². The van der Waals surface area contributed by atoms with Crippen molar-refractivity contribution in [2.45, 2.75) is 11.2 Å². The molecular weight excluding hydrogens is 518 g/mol. The molecule has 1 atom stereocenters. The van der Waals surface area contributed by atoms with Gasteiger partial charge in [-0.25, -0.2) is 4.98 Å². The van der Waals surface area contributed by atoms with Gasteiger partial charge in [-0.2, -0.15) is 5.26 Å². The van der Waals surface area contributed by atoms with Gasteiger partial charge in [0.05, 0.1) is 29.6 Å². The fourth-order valence-corrected chi connectivity index (χ4v) is 6.89. The molecule has 6 bridgehead atoms. The van der Waals surface area contributed by atoms with E-state index in [1.165, 1.54) is 0 Å². The van der Waals surface area contributed by atoms with Crippen molar-refractivity contribution in [1.29, 1.82) is 5.26 Å². The number of imidazole rings is 1. The van der Waals surface area contributed by atoms with Crippen LogP contribution in [0.15, 0.2) is 72.0 Å². The number of rotatable bonds is 0. The number of carbonyl (C=O) groups is 2. The molecule has 3 aromatic carbocycles. The minimum absolute atomic E-state index is 0.0236. The Balaban J connectivity index is 1.49. The van der Waals surface area contributed by atoms with Gasteiger partial charge < -0.3 is 14.4 Å². The number of benzene rings is 3. The quantitative estimate of drug-likeness (QED) is 0.306. The number of thioether (sulfide) groups is 1. The van der Waals surface area contributed by atoms with Gasteiger partial charge in [0.15, 0.2) is 5.16 Å². The Morgan fingerprint density at radius 2 is 1.84 bits per heavy atom. The normalized spacial score (nSPS) is 17.8. The summed E-state index contributed by atoms with van der Waals surface area (Å²) < 4.78 is 1.98. The van der Waals surface area contributed by atoms with Crippen LogP contribution < -0.4 is 4.90 Å². The zero-order chi connectivity index (χ0) is 26.0. The summed E-state index contributed by atoms with van der Waals surface area (Å²) in [6.45, 7) is 0.731. The van der Waals surface area contributed by atoms with Crippen molar-refractivity contribution < 1.29 is 9.59 Å². The molecule has 186 valence electrons. The summed E-state index contributed by atoms with van der Waals surface area (Å²) in [5.41, 5.74) is 6.25. The van der Waals surface area contributed by atoms with E-state index in [-0.39, 0.29) is 24.4 Å². The zero-order valence-corrected chi connectivity index (χ0v) is 21.7. The number of fused-ring (bicyclic) bond motifs is 2. The number of hydrogen-bond donors (Lipinski definition) is 0. The highest BCUT2D eigenvalue weighted by Gasteiger charge is 2.35.